The summed E-state index contributed by atoms with van der Waals surface area (Å²) in [5.41, 5.74) is 3.19. The van der Waals surface area contributed by atoms with Crippen LogP contribution in [0.2, 0.25) is 0 Å². The molecule has 1 unspecified atom stereocenters. The average molecular weight is 272 g/mol. The fourth-order valence-electron chi connectivity index (χ4n) is 2.15. The molecule has 2 aromatic rings. The van der Waals surface area contributed by atoms with E-state index in [1.165, 1.54) is 5.56 Å². The van der Waals surface area contributed by atoms with Crippen LogP contribution in [0.1, 0.15) is 5.56 Å². The molecule has 0 amide bonds. The van der Waals surface area contributed by atoms with Crippen molar-refractivity contribution in [2.45, 2.75) is 6.04 Å². The van der Waals surface area contributed by atoms with Gasteiger partial charge in [0, 0.05) is 0 Å². The van der Waals surface area contributed by atoms with Crippen molar-refractivity contribution < 1.29 is 0 Å². The van der Waals surface area contributed by atoms with Crippen LogP contribution in [-0.4, -0.2) is 6.04 Å². The van der Waals surface area contributed by atoms with Crippen LogP contribution in [0.15, 0.2) is 101 Å². The van der Waals surface area contributed by atoms with E-state index in [1.807, 2.05) is 60.7 Å². The lowest BCUT2D eigenvalue weighted by Crippen LogP contribution is -2.04. The normalized spacial score (nSPS) is 19.4. The van der Waals surface area contributed by atoms with Gasteiger partial charge in [-0.15, -0.1) is 0 Å². The molecule has 0 saturated heterocycles. The van der Waals surface area contributed by atoms with Gasteiger partial charge in [-0.3, -0.25) is 0 Å². The zero-order chi connectivity index (χ0) is 14.3. The van der Waals surface area contributed by atoms with Crippen molar-refractivity contribution >= 4 is 11.8 Å². The molecule has 0 bridgehead atoms. The summed E-state index contributed by atoms with van der Waals surface area (Å²) in [5, 5.41) is 8.77. The average Bonchev–Trinajstić information content (AvgIpc) is 2.56. The van der Waals surface area contributed by atoms with Crippen LogP contribution < -0.4 is 0 Å². The summed E-state index contributed by atoms with van der Waals surface area (Å²) in [6.07, 6.45) is 10.3. The Bertz CT molecular complexity index is 695. The molecule has 0 radical (unpaired) electrons. The molecule has 0 N–H and O–H groups in total. The highest BCUT2D eigenvalue weighted by molar-refractivity contribution is 5.59. The van der Waals surface area contributed by atoms with Gasteiger partial charge in [-0.25, -0.2) is 0 Å². The van der Waals surface area contributed by atoms with Gasteiger partial charge in [-0.1, -0.05) is 72.8 Å². The number of hydrogen-bond donors (Lipinski definition) is 0. The van der Waals surface area contributed by atoms with E-state index in [0.29, 0.717) is 0 Å². The van der Waals surface area contributed by atoms with Crippen LogP contribution in [0.25, 0.3) is 6.08 Å². The van der Waals surface area contributed by atoms with Crippen molar-refractivity contribution in [3.63, 3.8) is 0 Å². The predicted octanol–water partition coefficient (Wildman–Crippen LogP) is 5.35. The maximum atomic E-state index is 4.45. The van der Waals surface area contributed by atoms with Gasteiger partial charge in [-0.05, 0) is 29.3 Å². The second kappa shape index (κ2) is 6.62. The summed E-state index contributed by atoms with van der Waals surface area (Å²) < 4.78 is 0. The highest BCUT2D eigenvalue weighted by atomic mass is 15.1. The number of azo groups is 1. The highest BCUT2D eigenvalue weighted by Gasteiger charge is 2.10. The fourth-order valence-corrected chi connectivity index (χ4v) is 2.15. The Balaban J connectivity index is 1.83. The van der Waals surface area contributed by atoms with E-state index in [4.69, 9.17) is 0 Å². The van der Waals surface area contributed by atoms with Crippen molar-refractivity contribution in [2.75, 3.05) is 0 Å². The Morgan fingerprint density at radius 1 is 0.810 bits per heavy atom. The van der Waals surface area contributed by atoms with E-state index in [9.17, 15) is 0 Å². The zero-order valence-electron chi connectivity index (χ0n) is 11.6. The van der Waals surface area contributed by atoms with Gasteiger partial charge in [0.1, 0.15) is 6.04 Å². The first kappa shape index (κ1) is 13.3. The van der Waals surface area contributed by atoms with Crippen LogP contribution in [0.3, 0.4) is 0 Å². The Morgan fingerprint density at radius 3 is 2.29 bits per heavy atom. The Kier molecular flexibility index (Phi) is 4.18. The number of allylic oxidation sites excluding steroid dienone is 2. The van der Waals surface area contributed by atoms with Crippen LogP contribution >= 0.6 is 0 Å². The first-order valence-corrected chi connectivity index (χ1v) is 6.99. The van der Waals surface area contributed by atoms with E-state index in [2.05, 4.69) is 40.6 Å². The fraction of sp³-hybridized carbons (Fsp3) is 0.0526. The minimum atomic E-state index is -0.0320. The Hall–Kier alpha value is -2.74. The summed E-state index contributed by atoms with van der Waals surface area (Å²) in [7, 11) is 0. The summed E-state index contributed by atoms with van der Waals surface area (Å²) in [6.45, 7) is 0. The third kappa shape index (κ3) is 3.63. The summed E-state index contributed by atoms with van der Waals surface area (Å²) >= 11 is 0. The van der Waals surface area contributed by atoms with E-state index >= 15 is 0 Å². The third-order valence-corrected chi connectivity index (χ3v) is 3.22. The van der Waals surface area contributed by atoms with Gasteiger partial charge in [-0.2, -0.15) is 10.2 Å². The van der Waals surface area contributed by atoms with Gasteiger partial charge in [0.05, 0.1) is 5.69 Å². The standard InChI is InChI=1S/C19H16N2/c1-3-9-16(10-4-1)15-17-11-7-8-14-19(17)21-20-18-12-5-2-6-13-18/h1-15,19H. The molecule has 102 valence electrons. The number of hydrogen-bond acceptors (Lipinski definition) is 2. The minimum Gasteiger partial charge on any atom is -0.176 e. The molecule has 0 spiro atoms. The van der Waals surface area contributed by atoms with E-state index in [1.54, 1.807) is 0 Å². The molecule has 0 aromatic heterocycles. The molecule has 1 aliphatic rings. The molecule has 2 heteroatoms. The van der Waals surface area contributed by atoms with Crippen molar-refractivity contribution in [1.29, 1.82) is 0 Å². The SMILES string of the molecule is C1=CC(=Cc2ccccc2)C(N=Nc2ccccc2)C=C1. The van der Waals surface area contributed by atoms with E-state index in [-0.39, 0.29) is 6.04 Å². The first-order valence-electron chi connectivity index (χ1n) is 6.99. The largest absolute Gasteiger partial charge is 0.176 e. The smallest absolute Gasteiger partial charge is 0.115 e. The highest BCUT2D eigenvalue weighted by Crippen LogP contribution is 2.21. The molecule has 0 aliphatic heterocycles. The molecule has 2 nitrogen and oxygen atoms in total. The number of rotatable bonds is 3. The molecule has 0 heterocycles. The first-order chi connectivity index (χ1) is 10.4. The van der Waals surface area contributed by atoms with Gasteiger partial charge >= 0.3 is 0 Å². The lowest BCUT2D eigenvalue weighted by Gasteiger charge is -2.11. The second-order valence-corrected chi connectivity index (χ2v) is 4.79. The molecule has 1 atom stereocenters. The van der Waals surface area contributed by atoms with Crippen molar-refractivity contribution in [2.24, 2.45) is 10.2 Å². The molecule has 21 heavy (non-hydrogen) atoms. The molecule has 0 saturated carbocycles. The Labute approximate surface area is 124 Å². The van der Waals surface area contributed by atoms with Crippen molar-refractivity contribution in [3.8, 4) is 0 Å². The molecule has 0 fully saturated rings. The summed E-state index contributed by atoms with van der Waals surface area (Å²) in [5.74, 6) is 0. The lowest BCUT2D eigenvalue weighted by atomic mass is 10.00. The lowest BCUT2D eigenvalue weighted by molar-refractivity contribution is 0.895. The number of nitrogens with zero attached hydrogens (tertiary/aromatic N) is 2. The van der Waals surface area contributed by atoms with Crippen LogP contribution in [0, 0.1) is 0 Å². The van der Waals surface area contributed by atoms with E-state index in [0.717, 1.165) is 11.3 Å². The second-order valence-electron chi connectivity index (χ2n) is 4.79. The van der Waals surface area contributed by atoms with Crippen molar-refractivity contribution in [1.82, 2.24) is 0 Å². The molecule has 3 rings (SSSR count). The van der Waals surface area contributed by atoms with Gasteiger partial charge < -0.3 is 0 Å². The van der Waals surface area contributed by atoms with Crippen LogP contribution in [0.4, 0.5) is 5.69 Å². The van der Waals surface area contributed by atoms with Crippen LogP contribution in [-0.2, 0) is 0 Å². The maximum absolute atomic E-state index is 4.45. The van der Waals surface area contributed by atoms with Gasteiger partial charge in [0.15, 0.2) is 0 Å². The zero-order valence-corrected chi connectivity index (χ0v) is 11.6. The van der Waals surface area contributed by atoms with Crippen LogP contribution in [0.5, 0.6) is 0 Å². The molecule has 1 aliphatic carbocycles. The monoisotopic (exact) mass is 272 g/mol. The molecular formula is C19H16N2. The quantitative estimate of drug-likeness (QED) is 0.673. The topological polar surface area (TPSA) is 24.7 Å². The summed E-state index contributed by atoms with van der Waals surface area (Å²) in [4.78, 5) is 0. The van der Waals surface area contributed by atoms with Crippen molar-refractivity contribution in [3.05, 3.63) is 96.1 Å². The third-order valence-electron chi connectivity index (χ3n) is 3.22. The van der Waals surface area contributed by atoms with E-state index < -0.39 is 0 Å². The maximum Gasteiger partial charge on any atom is 0.115 e. The predicted molar refractivity (Wildman–Crippen MR) is 87.4 cm³/mol. The van der Waals surface area contributed by atoms with Gasteiger partial charge in [0.25, 0.3) is 0 Å². The van der Waals surface area contributed by atoms with Gasteiger partial charge in [0.2, 0.25) is 0 Å². The minimum absolute atomic E-state index is 0.0320. The Morgan fingerprint density at radius 2 is 1.52 bits per heavy atom. The summed E-state index contributed by atoms with van der Waals surface area (Å²) in [6, 6.07) is 20.0. The molecular weight excluding hydrogens is 256 g/mol. The molecule has 2 aromatic carbocycles. The number of benzene rings is 2.